The first-order valence-corrected chi connectivity index (χ1v) is 9.15. The SMILES string of the molecule is Cc1cccc(C)c1OCC(C)NC(=O)[C@@H](N)CCCC[N+](C)(C)C.[Cl-]. The molecule has 0 spiro atoms. The number of nitrogens with zero attached hydrogens (tertiary/aromatic N) is 1. The number of carbonyl (C=O) groups is 1. The molecule has 2 atom stereocenters. The second-order valence-electron chi connectivity index (χ2n) is 8.06. The van der Waals surface area contributed by atoms with E-state index in [1.165, 1.54) is 0 Å². The molecule has 3 N–H and O–H groups in total. The van der Waals surface area contributed by atoms with E-state index in [0.717, 1.165) is 47.2 Å². The number of aryl methyl sites for hydroxylation is 2. The van der Waals surface area contributed by atoms with Crippen molar-refractivity contribution < 1.29 is 26.4 Å². The quantitative estimate of drug-likeness (QED) is 0.417. The summed E-state index contributed by atoms with van der Waals surface area (Å²) in [6.07, 6.45) is 2.77. The number of rotatable bonds is 10. The van der Waals surface area contributed by atoms with E-state index in [2.05, 4.69) is 26.5 Å². The largest absolute Gasteiger partial charge is 1.00 e. The third kappa shape index (κ3) is 9.41. The zero-order chi connectivity index (χ0) is 19.0. The fraction of sp³-hybridized carbons (Fsp3) is 0.650. The molecule has 0 heterocycles. The van der Waals surface area contributed by atoms with Gasteiger partial charge in [-0.15, -0.1) is 0 Å². The van der Waals surface area contributed by atoms with E-state index in [9.17, 15) is 4.79 Å². The van der Waals surface area contributed by atoms with Crippen molar-refractivity contribution in [3.05, 3.63) is 29.3 Å². The molecular weight excluding hydrogens is 350 g/mol. The summed E-state index contributed by atoms with van der Waals surface area (Å²) >= 11 is 0. The first-order valence-electron chi connectivity index (χ1n) is 9.15. The normalized spacial score (nSPS) is 13.5. The molecule has 26 heavy (non-hydrogen) atoms. The van der Waals surface area contributed by atoms with Crippen LogP contribution in [-0.2, 0) is 4.79 Å². The van der Waals surface area contributed by atoms with Crippen molar-refractivity contribution in [2.75, 3.05) is 34.3 Å². The van der Waals surface area contributed by atoms with Gasteiger partial charge in [-0.25, -0.2) is 0 Å². The van der Waals surface area contributed by atoms with Crippen molar-refractivity contribution in [1.29, 1.82) is 0 Å². The molecular formula is C20H36ClN3O2. The van der Waals surface area contributed by atoms with Crippen molar-refractivity contribution in [3.63, 3.8) is 0 Å². The Morgan fingerprint density at radius 1 is 1.19 bits per heavy atom. The summed E-state index contributed by atoms with van der Waals surface area (Å²) in [7, 11) is 6.51. The molecule has 0 aliphatic rings. The molecule has 1 amide bonds. The summed E-state index contributed by atoms with van der Waals surface area (Å²) < 4.78 is 6.83. The number of unbranched alkanes of at least 4 members (excludes halogenated alkanes) is 1. The van der Waals surface area contributed by atoms with Gasteiger partial charge in [0.25, 0.3) is 0 Å². The number of carbonyl (C=O) groups excluding carboxylic acids is 1. The Kier molecular flexibility index (Phi) is 10.8. The zero-order valence-electron chi connectivity index (χ0n) is 17.1. The smallest absolute Gasteiger partial charge is 0.237 e. The molecule has 0 aliphatic heterocycles. The molecule has 0 aliphatic carbocycles. The number of hydrogen-bond acceptors (Lipinski definition) is 3. The maximum absolute atomic E-state index is 12.2. The molecule has 0 radical (unpaired) electrons. The Morgan fingerprint density at radius 3 is 2.31 bits per heavy atom. The molecule has 0 bridgehead atoms. The van der Waals surface area contributed by atoms with Crippen LogP contribution in [0.25, 0.3) is 0 Å². The highest BCUT2D eigenvalue weighted by Gasteiger charge is 2.17. The van der Waals surface area contributed by atoms with Gasteiger partial charge in [-0.2, -0.15) is 0 Å². The van der Waals surface area contributed by atoms with E-state index in [1.54, 1.807) is 0 Å². The summed E-state index contributed by atoms with van der Waals surface area (Å²) in [5.41, 5.74) is 8.22. The second-order valence-corrected chi connectivity index (χ2v) is 8.06. The van der Waals surface area contributed by atoms with Crippen molar-refractivity contribution in [3.8, 4) is 5.75 Å². The number of benzene rings is 1. The van der Waals surface area contributed by atoms with Crippen molar-refractivity contribution in [2.45, 2.75) is 52.1 Å². The number of nitrogens with two attached hydrogens (primary N) is 1. The van der Waals surface area contributed by atoms with Gasteiger partial charge in [-0.1, -0.05) is 18.2 Å². The standard InChI is InChI=1S/C20H35N3O2.ClH/c1-15-10-9-11-16(2)19(15)25-14-17(3)22-20(24)18(21)12-7-8-13-23(4,5)6;/h9-11,17-18H,7-8,12-14,21H2,1-6H3;1H/t17?,18-;/m0./s1. The average molecular weight is 386 g/mol. The second kappa shape index (κ2) is 11.4. The number of nitrogens with one attached hydrogen (secondary N) is 1. The van der Waals surface area contributed by atoms with Gasteiger partial charge in [0.1, 0.15) is 12.4 Å². The Labute approximate surface area is 165 Å². The maximum atomic E-state index is 12.2. The zero-order valence-corrected chi connectivity index (χ0v) is 17.9. The molecule has 1 unspecified atom stereocenters. The number of quaternary nitrogens is 1. The first-order chi connectivity index (χ1) is 11.6. The number of amides is 1. The highest BCUT2D eigenvalue weighted by molar-refractivity contribution is 5.81. The molecule has 0 fully saturated rings. The van der Waals surface area contributed by atoms with Crippen LogP contribution in [-0.4, -0.2) is 56.8 Å². The molecule has 150 valence electrons. The summed E-state index contributed by atoms with van der Waals surface area (Å²) in [5.74, 6) is 0.802. The highest BCUT2D eigenvalue weighted by Crippen LogP contribution is 2.22. The van der Waals surface area contributed by atoms with Gasteiger partial charge in [0.15, 0.2) is 0 Å². The number of para-hydroxylation sites is 1. The molecule has 6 heteroatoms. The molecule has 0 saturated carbocycles. The third-order valence-electron chi connectivity index (χ3n) is 4.21. The monoisotopic (exact) mass is 385 g/mol. The Balaban J connectivity index is 0.00000625. The van der Waals surface area contributed by atoms with E-state index in [-0.39, 0.29) is 24.4 Å². The minimum absolute atomic E-state index is 0. The Bertz CT molecular complexity index is 538. The summed E-state index contributed by atoms with van der Waals surface area (Å²) in [4.78, 5) is 12.2. The third-order valence-corrected chi connectivity index (χ3v) is 4.21. The van der Waals surface area contributed by atoms with Crippen LogP contribution in [0.4, 0.5) is 0 Å². The number of ether oxygens (including phenoxy) is 1. The minimum Gasteiger partial charge on any atom is -1.00 e. The van der Waals surface area contributed by atoms with Crippen LogP contribution in [0.5, 0.6) is 5.75 Å². The van der Waals surface area contributed by atoms with Crippen LogP contribution >= 0.6 is 0 Å². The lowest BCUT2D eigenvalue weighted by Gasteiger charge is -2.24. The van der Waals surface area contributed by atoms with Gasteiger partial charge in [0.05, 0.1) is 39.8 Å². The lowest BCUT2D eigenvalue weighted by Crippen LogP contribution is -3.00. The van der Waals surface area contributed by atoms with E-state index >= 15 is 0 Å². The predicted molar refractivity (Wildman–Crippen MR) is 104 cm³/mol. The van der Waals surface area contributed by atoms with Crippen LogP contribution in [0, 0.1) is 13.8 Å². The average Bonchev–Trinajstić information content (AvgIpc) is 2.49. The van der Waals surface area contributed by atoms with Gasteiger partial charge in [-0.05, 0) is 51.2 Å². The highest BCUT2D eigenvalue weighted by atomic mass is 35.5. The van der Waals surface area contributed by atoms with E-state index in [4.69, 9.17) is 10.5 Å². The van der Waals surface area contributed by atoms with Crippen LogP contribution in [0.2, 0.25) is 0 Å². The number of hydrogen-bond donors (Lipinski definition) is 2. The van der Waals surface area contributed by atoms with Crippen LogP contribution < -0.4 is 28.2 Å². The lowest BCUT2D eigenvalue weighted by atomic mass is 10.1. The van der Waals surface area contributed by atoms with Crippen LogP contribution in [0.3, 0.4) is 0 Å². The summed E-state index contributed by atoms with van der Waals surface area (Å²) in [6, 6.07) is 5.54. The molecule has 0 saturated heterocycles. The van der Waals surface area contributed by atoms with Crippen LogP contribution in [0.15, 0.2) is 18.2 Å². The summed E-state index contributed by atoms with van der Waals surface area (Å²) in [6.45, 7) is 7.52. The topological polar surface area (TPSA) is 64.3 Å². The molecule has 1 aromatic rings. The van der Waals surface area contributed by atoms with Crippen molar-refractivity contribution in [2.24, 2.45) is 5.73 Å². The molecule has 1 aromatic carbocycles. The Hall–Kier alpha value is -1.30. The fourth-order valence-corrected chi connectivity index (χ4v) is 2.71. The van der Waals surface area contributed by atoms with Crippen molar-refractivity contribution in [1.82, 2.24) is 5.32 Å². The van der Waals surface area contributed by atoms with Gasteiger partial charge < -0.3 is 32.7 Å². The fourth-order valence-electron chi connectivity index (χ4n) is 2.71. The van der Waals surface area contributed by atoms with Gasteiger partial charge in [0, 0.05) is 0 Å². The van der Waals surface area contributed by atoms with Gasteiger partial charge in [0.2, 0.25) is 5.91 Å². The van der Waals surface area contributed by atoms with Gasteiger partial charge in [-0.3, -0.25) is 4.79 Å². The molecule has 1 rings (SSSR count). The van der Waals surface area contributed by atoms with Crippen molar-refractivity contribution >= 4 is 5.91 Å². The lowest BCUT2D eigenvalue weighted by molar-refractivity contribution is -0.870. The minimum atomic E-state index is -0.449. The van der Waals surface area contributed by atoms with Gasteiger partial charge >= 0.3 is 0 Å². The van der Waals surface area contributed by atoms with Crippen LogP contribution in [0.1, 0.15) is 37.3 Å². The number of halogens is 1. The van der Waals surface area contributed by atoms with E-state index in [1.807, 2.05) is 39.0 Å². The molecule has 5 nitrogen and oxygen atoms in total. The van der Waals surface area contributed by atoms with E-state index in [0.29, 0.717) is 6.61 Å². The van der Waals surface area contributed by atoms with E-state index < -0.39 is 6.04 Å². The molecule has 0 aromatic heterocycles. The summed E-state index contributed by atoms with van der Waals surface area (Å²) in [5, 5.41) is 2.95. The Morgan fingerprint density at radius 2 is 1.77 bits per heavy atom. The maximum Gasteiger partial charge on any atom is 0.237 e. The predicted octanol–water partition coefficient (Wildman–Crippen LogP) is -0.605. The first kappa shape index (κ1) is 24.7.